The molecule has 1 N–H and O–H groups in total. The fourth-order valence-corrected chi connectivity index (χ4v) is 2.93. The Morgan fingerprint density at radius 3 is 2.85 bits per heavy atom. The van der Waals surface area contributed by atoms with Gasteiger partial charge in [-0.25, -0.2) is 4.98 Å². The summed E-state index contributed by atoms with van der Waals surface area (Å²) >= 11 is 1.75. The van der Waals surface area contributed by atoms with Crippen LogP contribution < -0.4 is 14.8 Å². The van der Waals surface area contributed by atoms with Gasteiger partial charge in [0.25, 0.3) is 0 Å². The average molecular weight is 292 g/mol. The van der Waals surface area contributed by atoms with E-state index in [2.05, 4.69) is 17.2 Å². The Hall–Kier alpha value is -1.59. The third kappa shape index (κ3) is 3.95. The molecule has 1 heterocycles. The Morgan fingerprint density at radius 2 is 2.10 bits per heavy atom. The normalized spacial score (nSPS) is 10.6. The molecule has 0 atom stereocenters. The lowest BCUT2D eigenvalue weighted by atomic mass is 10.3. The van der Waals surface area contributed by atoms with E-state index in [1.54, 1.807) is 18.4 Å². The molecule has 4 nitrogen and oxygen atoms in total. The molecule has 0 amide bonds. The molecule has 2 aromatic rings. The topological polar surface area (TPSA) is 43.4 Å². The number of ether oxygens (including phenoxy) is 2. The van der Waals surface area contributed by atoms with Gasteiger partial charge in [0.05, 0.1) is 24.4 Å². The van der Waals surface area contributed by atoms with Crippen LogP contribution in [0.15, 0.2) is 24.3 Å². The molecule has 0 aliphatic heterocycles. The quantitative estimate of drug-likeness (QED) is 0.852. The van der Waals surface area contributed by atoms with Gasteiger partial charge >= 0.3 is 0 Å². The molecule has 1 aromatic heterocycles. The van der Waals surface area contributed by atoms with Gasteiger partial charge in [0.15, 0.2) is 0 Å². The number of rotatable bonds is 7. The Balaban J connectivity index is 1.87. The van der Waals surface area contributed by atoms with Crippen molar-refractivity contribution in [3.8, 4) is 11.5 Å². The van der Waals surface area contributed by atoms with Crippen molar-refractivity contribution >= 4 is 11.3 Å². The summed E-state index contributed by atoms with van der Waals surface area (Å²) in [7, 11) is 3.60. The summed E-state index contributed by atoms with van der Waals surface area (Å²) in [6.07, 6.45) is 0.826. The maximum Gasteiger partial charge on any atom is 0.123 e. The zero-order chi connectivity index (χ0) is 14.4. The highest BCUT2D eigenvalue weighted by molar-refractivity contribution is 7.11. The Morgan fingerprint density at radius 1 is 1.30 bits per heavy atom. The fourth-order valence-electron chi connectivity index (χ4n) is 1.87. The first-order chi connectivity index (χ1) is 9.72. The van der Waals surface area contributed by atoms with Gasteiger partial charge < -0.3 is 14.8 Å². The number of hydrogen-bond acceptors (Lipinski definition) is 5. The van der Waals surface area contributed by atoms with Crippen LogP contribution in [0, 0.1) is 6.92 Å². The largest absolute Gasteiger partial charge is 0.497 e. The van der Waals surface area contributed by atoms with Gasteiger partial charge in [-0.05, 0) is 26.1 Å². The number of benzene rings is 1. The van der Waals surface area contributed by atoms with Crippen molar-refractivity contribution in [2.75, 3.05) is 20.8 Å². The number of nitrogens with zero attached hydrogens (tertiary/aromatic N) is 1. The van der Waals surface area contributed by atoms with Crippen LogP contribution in [0.3, 0.4) is 0 Å². The second-order valence-corrected chi connectivity index (χ2v) is 5.59. The zero-order valence-corrected chi connectivity index (χ0v) is 12.9. The van der Waals surface area contributed by atoms with Gasteiger partial charge in [0.2, 0.25) is 0 Å². The van der Waals surface area contributed by atoms with Crippen molar-refractivity contribution in [1.82, 2.24) is 10.3 Å². The number of nitrogens with one attached hydrogen (secondary N) is 1. The zero-order valence-electron chi connectivity index (χ0n) is 12.1. The molecule has 0 radical (unpaired) electrons. The first-order valence-corrected chi connectivity index (χ1v) is 7.41. The van der Waals surface area contributed by atoms with E-state index in [0.717, 1.165) is 35.2 Å². The molecule has 0 bridgehead atoms. The summed E-state index contributed by atoms with van der Waals surface area (Å²) in [5.41, 5.74) is 1.11. The number of aromatic nitrogens is 1. The first kappa shape index (κ1) is 14.8. The Bertz CT molecular complexity index is 555. The number of hydrogen-bond donors (Lipinski definition) is 1. The minimum Gasteiger partial charge on any atom is -0.497 e. The second-order valence-electron chi connectivity index (χ2n) is 4.42. The lowest BCUT2D eigenvalue weighted by molar-refractivity contribution is 0.318. The summed E-state index contributed by atoms with van der Waals surface area (Å²) in [5, 5.41) is 4.28. The summed E-state index contributed by atoms with van der Waals surface area (Å²) in [6, 6.07) is 7.65. The van der Waals surface area contributed by atoms with Gasteiger partial charge in [0, 0.05) is 23.9 Å². The smallest absolute Gasteiger partial charge is 0.123 e. The van der Waals surface area contributed by atoms with E-state index in [9.17, 15) is 0 Å². The second kappa shape index (κ2) is 7.26. The van der Waals surface area contributed by atoms with E-state index in [4.69, 9.17) is 9.47 Å². The molecule has 0 saturated carbocycles. The molecule has 0 saturated heterocycles. The number of methoxy groups -OCH3 is 1. The predicted octanol–water partition coefficient (Wildman–Crippen LogP) is 2.80. The molecule has 0 aliphatic carbocycles. The summed E-state index contributed by atoms with van der Waals surface area (Å²) < 4.78 is 10.9. The lowest BCUT2D eigenvalue weighted by Gasteiger charge is -2.06. The van der Waals surface area contributed by atoms with Gasteiger partial charge in [-0.1, -0.05) is 6.07 Å². The van der Waals surface area contributed by atoms with Gasteiger partial charge in [-0.15, -0.1) is 11.3 Å². The van der Waals surface area contributed by atoms with Crippen molar-refractivity contribution < 1.29 is 9.47 Å². The molecular formula is C15H20N2O2S. The van der Waals surface area contributed by atoms with Crippen LogP contribution in [0.5, 0.6) is 11.5 Å². The van der Waals surface area contributed by atoms with Crippen LogP contribution in [0.25, 0.3) is 0 Å². The maximum absolute atomic E-state index is 5.73. The van der Waals surface area contributed by atoms with Crippen molar-refractivity contribution in [3.05, 3.63) is 39.8 Å². The number of thiazole rings is 1. The minimum absolute atomic E-state index is 0.624. The van der Waals surface area contributed by atoms with E-state index < -0.39 is 0 Å². The molecule has 5 heteroatoms. The van der Waals surface area contributed by atoms with Crippen molar-refractivity contribution in [1.29, 1.82) is 0 Å². The number of aryl methyl sites for hydroxylation is 1. The molecule has 0 unspecified atom stereocenters. The molecule has 0 aliphatic rings. The van der Waals surface area contributed by atoms with E-state index in [1.807, 2.05) is 31.3 Å². The van der Waals surface area contributed by atoms with E-state index in [0.29, 0.717) is 6.61 Å². The summed E-state index contributed by atoms with van der Waals surface area (Å²) in [6.45, 7) is 3.55. The average Bonchev–Trinajstić information content (AvgIpc) is 2.80. The Kier molecular flexibility index (Phi) is 5.38. The molecule has 1 aromatic carbocycles. The first-order valence-electron chi connectivity index (χ1n) is 6.59. The lowest BCUT2D eigenvalue weighted by Crippen LogP contribution is -2.04. The van der Waals surface area contributed by atoms with E-state index in [-0.39, 0.29) is 0 Å². The monoisotopic (exact) mass is 292 g/mol. The van der Waals surface area contributed by atoms with E-state index >= 15 is 0 Å². The van der Waals surface area contributed by atoms with Crippen molar-refractivity contribution in [2.45, 2.75) is 19.9 Å². The molecule has 0 spiro atoms. The fraction of sp³-hybridized carbons (Fsp3) is 0.400. The Labute approximate surface area is 123 Å². The highest BCUT2D eigenvalue weighted by atomic mass is 32.1. The third-order valence-electron chi connectivity index (χ3n) is 2.90. The third-order valence-corrected chi connectivity index (χ3v) is 4.12. The van der Waals surface area contributed by atoms with Crippen LogP contribution in [-0.2, 0) is 13.0 Å². The van der Waals surface area contributed by atoms with Gasteiger partial charge in [0.1, 0.15) is 11.5 Å². The van der Waals surface area contributed by atoms with Gasteiger partial charge in [-0.2, -0.15) is 0 Å². The molecule has 0 fully saturated rings. The van der Waals surface area contributed by atoms with Crippen molar-refractivity contribution in [3.63, 3.8) is 0 Å². The highest BCUT2D eigenvalue weighted by Crippen LogP contribution is 2.21. The van der Waals surface area contributed by atoms with Gasteiger partial charge in [-0.3, -0.25) is 0 Å². The van der Waals surface area contributed by atoms with Crippen LogP contribution in [0.1, 0.15) is 15.6 Å². The predicted molar refractivity (Wildman–Crippen MR) is 81.8 cm³/mol. The maximum atomic E-state index is 5.73. The van der Waals surface area contributed by atoms with Crippen molar-refractivity contribution in [2.24, 2.45) is 0 Å². The summed E-state index contributed by atoms with van der Waals surface area (Å²) in [4.78, 5) is 5.86. The van der Waals surface area contributed by atoms with Crippen LogP contribution >= 0.6 is 11.3 Å². The highest BCUT2D eigenvalue weighted by Gasteiger charge is 2.07. The molecule has 108 valence electrons. The van der Waals surface area contributed by atoms with Crippen LogP contribution in [0.2, 0.25) is 0 Å². The molecule has 2 rings (SSSR count). The van der Waals surface area contributed by atoms with Crippen LogP contribution in [-0.4, -0.2) is 25.7 Å². The SMILES string of the molecule is CNCc1sc(CCOc2cccc(OC)c2)nc1C. The minimum atomic E-state index is 0.624. The van der Waals surface area contributed by atoms with Crippen LogP contribution in [0.4, 0.5) is 0 Å². The van der Waals surface area contributed by atoms with E-state index in [1.165, 1.54) is 4.88 Å². The standard InChI is InChI=1S/C15H20N2O2S/c1-11-14(10-16-2)20-15(17-11)7-8-19-13-6-4-5-12(9-13)18-3/h4-6,9,16H,7-8,10H2,1-3H3. The summed E-state index contributed by atoms with van der Waals surface area (Å²) in [5.74, 6) is 1.64. The molecule has 20 heavy (non-hydrogen) atoms. The molecular weight excluding hydrogens is 272 g/mol.